The van der Waals surface area contributed by atoms with E-state index in [9.17, 15) is 4.79 Å². The predicted octanol–water partition coefficient (Wildman–Crippen LogP) is 4.20. The molecule has 1 N–H and O–H groups in total. The first-order valence-electron chi connectivity index (χ1n) is 10.8. The third-order valence-corrected chi connectivity index (χ3v) is 8.52. The molecule has 4 unspecified atom stereocenters. The van der Waals surface area contributed by atoms with Crippen LogP contribution in [0.1, 0.15) is 56.9 Å². The van der Waals surface area contributed by atoms with Gasteiger partial charge < -0.3 is 14.5 Å². The quantitative estimate of drug-likeness (QED) is 0.811. The van der Waals surface area contributed by atoms with Crippen LogP contribution < -0.4 is 5.32 Å². The van der Waals surface area contributed by atoms with Crippen molar-refractivity contribution >= 4 is 6.09 Å². The molecular weight excluding hydrogens is 336 g/mol. The Bertz CT molecular complexity index is 702. The van der Waals surface area contributed by atoms with E-state index in [1.807, 2.05) is 0 Å². The lowest BCUT2D eigenvalue weighted by molar-refractivity contribution is -0.931. The van der Waals surface area contributed by atoms with Crippen molar-refractivity contribution < 1.29 is 14.0 Å². The van der Waals surface area contributed by atoms with E-state index in [4.69, 9.17) is 4.74 Å². The summed E-state index contributed by atoms with van der Waals surface area (Å²) >= 11 is 0. The fourth-order valence-corrected chi connectivity index (χ4v) is 6.93. The molecule has 2 heterocycles. The second-order valence-corrected chi connectivity index (χ2v) is 10.1. The number of alkyl carbamates (subject to hydrolysis) is 1. The Morgan fingerprint density at radius 1 is 1.04 bits per heavy atom. The molecule has 2 saturated carbocycles. The van der Waals surface area contributed by atoms with Crippen LogP contribution in [0.15, 0.2) is 30.3 Å². The van der Waals surface area contributed by atoms with Crippen molar-refractivity contribution in [2.45, 2.75) is 75.1 Å². The smallest absolute Gasteiger partial charge is 0.408 e. The predicted molar refractivity (Wildman–Crippen MR) is 105 cm³/mol. The van der Waals surface area contributed by atoms with Crippen LogP contribution in [0.5, 0.6) is 0 Å². The number of carbonyl (C=O) groups is 1. The lowest BCUT2D eigenvalue weighted by atomic mass is 9.76. The first-order chi connectivity index (χ1) is 13.0. The van der Waals surface area contributed by atoms with Crippen molar-refractivity contribution in [1.29, 1.82) is 0 Å². The van der Waals surface area contributed by atoms with Crippen molar-refractivity contribution in [3.8, 4) is 0 Å². The maximum atomic E-state index is 13.0. The van der Waals surface area contributed by atoms with Crippen LogP contribution in [-0.4, -0.2) is 42.9 Å². The molecular formula is C23H33N2O2+. The molecule has 1 amide bonds. The normalized spacial score (nSPS) is 41.5. The van der Waals surface area contributed by atoms with Crippen LogP contribution in [-0.2, 0) is 10.3 Å². The van der Waals surface area contributed by atoms with Gasteiger partial charge in [-0.15, -0.1) is 0 Å². The number of nitrogens with zero attached hydrogens (tertiary/aromatic N) is 1. The van der Waals surface area contributed by atoms with Gasteiger partial charge in [0.2, 0.25) is 0 Å². The molecule has 5 rings (SSSR count). The molecule has 27 heavy (non-hydrogen) atoms. The third-order valence-electron chi connectivity index (χ3n) is 8.52. The Balaban J connectivity index is 1.31. The van der Waals surface area contributed by atoms with E-state index < -0.39 is 0 Å². The van der Waals surface area contributed by atoms with Crippen molar-refractivity contribution in [3.63, 3.8) is 0 Å². The van der Waals surface area contributed by atoms with Gasteiger partial charge in [0.05, 0.1) is 31.7 Å². The summed E-state index contributed by atoms with van der Waals surface area (Å²) in [5.74, 6) is 1.30. The number of piperidine rings is 1. The third kappa shape index (κ3) is 2.79. The van der Waals surface area contributed by atoms with Crippen LogP contribution >= 0.6 is 0 Å². The molecule has 4 heteroatoms. The van der Waals surface area contributed by atoms with Crippen LogP contribution in [0, 0.1) is 11.8 Å². The molecule has 2 aliphatic carbocycles. The number of fused-ring (bicyclic) bond motifs is 4. The molecule has 0 radical (unpaired) electrons. The molecule has 6 atom stereocenters. The molecule has 4 nitrogen and oxygen atoms in total. The van der Waals surface area contributed by atoms with Crippen LogP contribution in [0.3, 0.4) is 0 Å². The summed E-state index contributed by atoms with van der Waals surface area (Å²) in [5.41, 5.74) is 1.04. The molecule has 146 valence electrons. The largest absolute Gasteiger partial charge is 0.446 e. The Labute approximate surface area is 162 Å². The summed E-state index contributed by atoms with van der Waals surface area (Å²) in [6.45, 7) is 0. The summed E-state index contributed by atoms with van der Waals surface area (Å²) in [6.07, 6.45) is 9.32. The van der Waals surface area contributed by atoms with Gasteiger partial charge in [-0.25, -0.2) is 4.79 Å². The molecule has 4 fully saturated rings. The highest BCUT2D eigenvalue weighted by Crippen LogP contribution is 2.55. The summed E-state index contributed by atoms with van der Waals surface area (Å²) in [4.78, 5) is 13.0. The highest BCUT2D eigenvalue weighted by Gasteiger charge is 2.54. The number of hydrogen-bond donors (Lipinski definition) is 1. The summed E-state index contributed by atoms with van der Waals surface area (Å²) in [7, 11) is 4.69. The maximum absolute atomic E-state index is 13.0. The molecule has 4 aliphatic rings. The van der Waals surface area contributed by atoms with Crippen LogP contribution in [0.2, 0.25) is 0 Å². The van der Waals surface area contributed by atoms with Crippen molar-refractivity contribution in [2.75, 3.05) is 14.1 Å². The van der Waals surface area contributed by atoms with Gasteiger partial charge in [-0.1, -0.05) is 30.3 Å². The van der Waals surface area contributed by atoms with E-state index >= 15 is 0 Å². The molecule has 1 aromatic rings. The van der Waals surface area contributed by atoms with E-state index in [1.165, 1.54) is 37.7 Å². The summed E-state index contributed by atoms with van der Waals surface area (Å²) < 4.78 is 7.13. The highest BCUT2D eigenvalue weighted by atomic mass is 16.6. The first-order valence-corrected chi connectivity index (χ1v) is 10.8. The van der Waals surface area contributed by atoms with E-state index in [-0.39, 0.29) is 17.7 Å². The fourth-order valence-electron chi connectivity index (χ4n) is 6.93. The Morgan fingerprint density at radius 2 is 1.74 bits per heavy atom. The standard InChI is InChI=1S/C23H32N2O2/c1-25(2)19-10-11-20(25)14-21(13-19)27-22(26)24-23(17-6-4-3-5-7-17)15-16-8-9-18(23)12-16/h3-7,16,18-21H,8-15H2,1-2H3/p+1/t16?,18?,19-,20+,21?,23?. The first kappa shape index (κ1) is 17.5. The molecule has 1 aromatic carbocycles. The van der Waals surface area contributed by atoms with Crippen molar-refractivity contribution in [3.05, 3.63) is 35.9 Å². The minimum Gasteiger partial charge on any atom is -0.446 e. The second kappa shape index (κ2) is 6.23. The topological polar surface area (TPSA) is 38.3 Å². The highest BCUT2D eigenvalue weighted by molar-refractivity contribution is 5.69. The summed E-state index contributed by atoms with van der Waals surface area (Å²) in [5, 5.41) is 3.39. The number of nitrogens with one attached hydrogen (secondary N) is 1. The second-order valence-electron chi connectivity index (χ2n) is 10.1. The Morgan fingerprint density at radius 3 is 2.33 bits per heavy atom. The fraction of sp³-hybridized carbons (Fsp3) is 0.696. The molecule has 2 saturated heterocycles. The van der Waals surface area contributed by atoms with Gasteiger partial charge in [0, 0.05) is 25.7 Å². The zero-order valence-corrected chi connectivity index (χ0v) is 16.7. The van der Waals surface area contributed by atoms with Crippen molar-refractivity contribution in [2.24, 2.45) is 11.8 Å². The number of quaternary nitrogens is 1. The number of benzene rings is 1. The average Bonchev–Trinajstić information content (AvgIpc) is 3.26. The van der Waals surface area contributed by atoms with Gasteiger partial charge in [-0.05, 0) is 43.1 Å². The van der Waals surface area contributed by atoms with Gasteiger partial charge in [0.15, 0.2) is 0 Å². The lowest BCUT2D eigenvalue weighted by Gasteiger charge is -2.44. The number of carbonyl (C=O) groups excluding carboxylic acids is 1. The van der Waals surface area contributed by atoms with Gasteiger partial charge in [-0.3, -0.25) is 0 Å². The molecule has 0 spiro atoms. The Kier molecular flexibility index (Phi) is 4.05. The van der Waals surface area contributed by atoms with Crippen LogP contribution in [0.25, 0.3) is 0 Å². The van der Waals surface area contributed by atoms with Gasteiger partial charge in [0.25, 0.3) is 0 Å². The van der Waals surface area contributed by atoms with E-state index in [0.717, 1.165) is 29.7 Å². The average molecular weight is 370 g/mol. The van der Waals surface area contributed by atoms with E-state index in [0.29, 0.717) is 18.0 Å². The van der Waals surface area contributed by atoms with Crippen LogP contribution in [0.4, 0.5) is 4.79 Å². The molecule has 0 aromatic heterocycles. The van der Waals surface area contributed by atoms with E-state index in [2.05, 4.69) is 49.7 Å². The number of hydrogen-bond acceptors (Lipinski definition) is 2. The van der Waals surface area contributed by atoms with E-state index in [1.54, 1.807) is 0 Å². The monoisotopic (exact) mass is 369 g/mol. The number of rotatable bonds is 3. The minimum absolute atomic E-state index is 0.0834. The van der Waals surface area contributed by atoms with Crippen molar-refractivity contribution in [1.82, 2.24) is 5.32 Å². The Hall–Kier alpha value is -1.55. The van der Waals surface area contributed by atoms with Gasteiger partial charge in [-0.2, -0.15) is 0 Å². The van der Waals surface area contributed by atoms with Gasteiger partial charge in [0.1, 0.15) is 6.10 Å². The zero-order chi connectivity index (χ0) is 18.6. The number of ether oxygens (including phenoxy) is 1. The minimum atomic E-state index is -0.218. The SMILES string of the molecule is C[N+]1(C)[C@@H]2CC[C@H]1CC(OC(=O)NC1(c3ccccc3)CC3CCC1C3)C2. The molecule has 4 bridgehead atoms. The number of amides is 1. The lowest BCUT2D eigenvalue weighted by Crippen LogP contribution is -2.57. The molecule has 2 aliphatic heterocycles. The maximum Gasteiger partial charge on any atom is 0.408 e. The summed E-state index contributed by atoms with van der Waals surface area (Å²) in [6, 6.07) is 11.9. The zero-order valence-electron chi connectivity index (χ0n) is 16.7. The van der Waals surface area contributed by atoms with Gasteiger partial charge >= 0.3 is 6.09 Å².